The van der Waals surface area contributed by atoms with Gasteiger partial charge in [0.25, 0.3) is 0 Å². The second kappa shape index (κ2) is 5.83. The fourth-order valence-corrected chi connectivity index (χ4v) is 3.52. The van der Waals surface area contributed by atoms with Crippen LogP contribution >= 0.6 is 0 Å². The van der Waals surface area contributed by atoms with Crippen molar-refractivity contribution in [2.45, 2.75) is 57.4 Å². The van der Waals surface area contributed by atoms with Gasteiger partial charge in [0.15, 0.2) is 0 Å². The van der Waals surface area contributed by atoms with Crippen LogP contribution in [-0.2, 0) is 0 Å². The summed E-state index contributed by atoms with van der Waals surface area (Å²) in [5, 5.41) is 0. The zero-order valence-electron chi connectivity index (χ0n) is 11.4. The minimum atomic E-state index is -2.42. The molecule has 2 nitrogen and oxygen atoms in total. The monoisotopic (exact) mass is 260 g/mol. The smallest absolute Gasteiger partial charge is 0.248 e. The van der Waals surface area contributed by atoms with Crippen molar-refractivity contribution in [3.8, 4) is 0 Å². The maximum atomic E-state index is 13.4. The number of alkyl halides is 2. The molecule has 2 rings (SSSR count). The number of halogens is 2. The quantitative estimate of drug-likeness (QED) is 0.845. The first kappa shape index (κ1) is 14.2. The van der Waals surface area contributed by atoms with Crippen LogP contribution in [0.1, 0.15) is 45.4 Å². The van der Waals surface area contributed by atoms with Crippen LogP contribution < -0.4 is 5.73 Å². The molecule has 1 saturated carbocycles. The predicted octanol–water partition coefficient (Wildman–Crippen LogP) is 2.87. The average molecular weight is 260 g/mol. The van der Waals surface area contributed by atoms with Gasteiger partial charge in [-0.05, 0) is 37.6 Å². The average Bonchev–Trinajstić information content (AvgIpc) is 2.30. The first-order valence-corrected chi connectivity index (χ1v) is 7.36. The molecule has 4 heteroatoms. The second-order valence-electron chi connectivity index (χ2n) is 6.20. The normalized spacial score (nSPS) is 37.7. The molecule has 0 aromatic carbocycles. The molecule has 3 unspecified atom stereocenters. The van der Waals surface area contributed by atoms with E-state index in [1.807, 2.05) is 0 Å². The van der Waals surface area contributed by atoms with Gasteiger partial charge in [-0.25, -0.2) is 8.78 Å². The highest BCUT2D eigenvalue weighted by molar-refractivity contribution is 4.85. The van der Waals surface area contributed by atoms with E-state index in [4.69, 9.17) is 5.73 Å². The molecule has 0 amide bonds. The van der Waals surface area contributed by atoms with Crippen molar-refractivity contribution in [2.24, 2.45) is 17.6 Å². The van der Waals surface area contributed by atoms with E-state index >= 15 is 0 Å². The van der Waals surface area contributed by atoms with Crippen LogP contribution in [0.2, 0.25) is 0 Å². The Labute approximate surface area is 109 Å². The maximum Gasteiger partial charge on any atom is 0.248 e. The Hall–Kier alpha value is -0.220. The summed E-state index contributed by atoms with van der Waals surface area (Å²) in [5.74, 6) is -1.69. The molecule has 1 saturated heterocycles. The van der Waals surface area contributed by atoms with Gasteiger partial charge < -0.3 is 10.6 Å². The van der Waals surface area contributed by atoms with Gasteiger partial charge in [0.2, 0.25) is 5.92 Å². The summed E-state index contributed by atoms with van der Waals surface area (Å²) < 4.78 is 26.8. The predicted molar refractivity (Wildman–Crippen MR) is 69.7 cm³/mol. The van der Waals surface area contributed by atoms with Crippen LogP contribution in [0.3, 0.4) is 0 Å². The van der Waals surface area contributed by atoms with Gasteiger partial charge in [-0.2, -0.15) is 0 Å². The standard InChI is InChI=1S/C14H26F2N2/c1-2-12-10-18(7-5-13(12)17)9-11-4-3-6-14(15,16)8-11/h11-13H,2-10,17H2,1H3. The lowest BCUT2D eigenvalue weighted by atomic mass is 9.84. The van der Waals surface area contributed by atoms with Crippen molar-refractivity contribution in [1.82, 2.24) is 4.90 Å². The van der Waals surface area contributed by atoms with Crippen molar-refractivity contribution in [2.75, 3.05) is 19.6 Å². The number of likely N-dealkylation sites (tertiary alicyclic amines) is 1. The number of rotatable bonds is 3. The first-order valence-electron chi connectivity index (χ1n) is 7.36. The van der Waals surface area contributed by atoms with Crippen LogP contribution in [0.5, 0.6) is 0 Å². The highest BCUT2D eigenvalue weighted by Gasteiger charge is 2.37. The van der Waals surface area contributed by atoms with Gasteiger partial charge in [0.1, 0.15) is 0 Å². The zero-order valence-corrected chi connectivity index (χ0v) is 11.4. The molecule has 0 radical (unpaired) electrons. The number of nitrogens with two attached hydrogens (primary N) is 1. The highest BCUT2D eigenvalue weighted by atomic mass is 19.3. The van der Waals surface area contributed by atoms with Gasteiger partial charge in [-0.15, -0.1) is 0 Å². The molecule has 0 aromatic heterocycles. The van der Waals surface area contributed by atoms with Crippen molar-refractivity contribution < 1.29 is 8.78 Å². The molecule has 106 valence electrons. The molecule has 2 fully saturated rings. The van der Waals surface area contributed by atoms with Crippen LogP contribution in [0, 0.1) is 11.8 Å². The van der Waals surface area contributed by atoms with Gasteiger partial charge in [0.05, 0.1) is 0 Å². The molecule has 0 aromatic rings. The third kappa shape index (κ3) is 3.64. The first-order chi connectivity index (χ1) is 8.50. The van der Waals surface area contributed by atoms with Crippen LogP contribution in [0.4, 0.5) is 8.78 Å². The summed E-state index contributed by atoms with van der Waals surface area (Å²) in [6, 6.07) is 0.305. The van der Waals surface area contributed by atoms with E-state index < -0.39 is 5.92 Å². The van der Waals surface area contributed by atoms with E-state index in [0.29, 0.717) is 18.4 Å². The Kier molecular flexibility index (Phi) is 4.59. The molecule has 1 aliphatic heterocycles. The van der Waals surface area contributed by atoms with E-state index in [1.54, 1.807) is 0 Å². The topological polar surface area (TPSA) is 29.3 Å². The molecule has 18 heavy (non-hydrogen) atoms. The number of hydrogen-bond acceptors (Lipinski definition) is 2. The lowest BCUT2D eigenvalue weighted by Crippen LogP contribution is -2.48. The molecule has 3 atom stereocenters. The van der Waals surface area contributed by atoms with E-state index in [9.17, 15) is 8.78 Å². The summed E-state index contributed by atoms with van der Waals surface area (Å²) in [6.45, 7) is 5.00. The van der Waals surface area contributed by atoms with Crippen LogP contribution in [-0.4, -0.2) is 36.5 Å². The Morgan fingerprint density at radius 2 is 2.11 bits per heavy atom. The van der Waals surface area contributed by atoms with E-state index in [1.165, 1.54) is 0 Å². The minimum Gasteiger partial charge on any atom is -0.327 e. The minimum absolute atomic E-state index is 0.0892. The fraction of sp³-hybridized carbons (Fsp3) is 1.00. The van der Waals surface area contributed by atoms with Gasteiger partial charge in [0, 0.05) is 32.0 Å². The third-order valence-corrected chi connectivity index (χ3v) is 4.66. The molecule has 1 aliphatic carbocycles. The molecular formula is C14H26F2N2. The van der Waals surface area contributed by atoms with Crippen LogP contribution in [0.15, 0.2) is 0 Å². The zero-order chi connectivity index (χ0) is 13.2. The molecule has 2 N–H and O–H groups in total. The van der Waals surface area contributed by atoms with Gasteiger partial charge in [-0.1, -0.05) is 13.3 Å². The summed E-state index contributed by atoms with van der Waals surface area (Å²) in [5.41, 5.74) is 6.08. The molecule has 0 spiro atoms. The van der Waals surface area contributed by atoms with Crippen molar-refractivity contribution >= 4 is 0 Å². The second-order valence-corrected chi connectivity index (χ2v) is 6.20. The Morgan fingerprint density at radius 3 is 2.78 bits per heavy atom. The lowest BCUT2D eigenvalue weighted by Gasteiger charge is -2.39. The highest BCUT2D eigenvalue weighted by Crippen LogP contribution is 2.37. The van der Waals surface area contributed by atoms with Gasteiger partial charge >= 0.3 is 0 Å². The van der Waals surface area contributed by atoms with Crippen LogP contribution in [0.25, 0.3) is 0 Å². The van der Waals surface area contributed by atoms with Crippen molar-refractivity contribution in [1.29, 1.82) is 0 Å². The maximum absolute atomic E-state index is 13.4. The number of nitrogens with zero attached hydrogens (tertiary/aromatic N) is 1. The number of hydrogen-bond donors (Lipinski definition) is 1. The summed E-state index contributed by atoms with van der Waals surface area (Å²) >= 11 is 0. The molecule has 1 heterocycles. The molecular weight excluding hydrogens is 234 g/mol. The summed E-state index contributed by atoms with van der Waals surface area (Å²) in [4.78, 5) is 2.36. The SMILES string of the molecule is CCC1CN(CC2CCCC(F)(F)C2)CCC1N. The van der Waals surface area contributed by atoms with Gasteiger partial charge in [-0.3, -0.25) is 0 Å². The number of piperidine rings is 1. The Morgan fingerprint density at radius 1 is 1.33 bits per heavy atom. The summed E-state index contributed by atoms with van der Waals surface area (Å²) in [7, 11) is 0. The van der Waals surface area contributed by atoms with E-state index in [0.717, 1.165) is 38.9 Å². The van der Waals surface area contributed by atoms with Crippen molar-refractivity contribution in [3.05, 3.63) is 0 Å². The summed E-state index contributed by atoms with van der Waals surface area (Å²) in [6.07, 6.45) is 3.94. The molecule has 0 bridgehead atoms. The van der Waals surface area contributed by atoms with Crippen molar-refractivity contribution in [3.63, 3.8) is 0 Å². The lowest BCUT2D eigenvalue weighted by molar-refractivity contribution is -0.0585. The van der Waals surface area contributed by atoms with E-state index in [-0.39, 0.29) is 18.8 Å². The Balaban J connectivity index is 1.82. The molecule has 2 aliphatic rings. The Bertz CT molecular complexity index is 271. The third-order valence-electron chi connectivity index (χ3n) is 4.66. The van der Waals surface area contributed by atoms with E-state index in [2.05, 4.69) is 11.8 Å². The largest absolute Gasteiger partial charge is 0.327 e. The fourth-order valence-electron chi connectivity index (χ4n) is 3.52.